The summed E-state index contributed by atoms with van der Waals surface area (Å²) >= 11 is 6.94. The molecule has 2 N–H and O–H groups in total. The minimum atomic E-state index is 0.187. The predicted octanol–water partition coefficient (Wildman–Crippen LogP) is 3.07. The van der Waals surface area contributed by atoms with Crippen LogP contribution in [-0.4, -0.2) is 18.3 Å². The van der Waals surface area contributed by atoms with Gasteiger partial charge in [0.1, 0.15) is 0 Å². The van der Waals surface area contributed by atoms with Gasteiger partial charge >= 0.3 is 0 Å². The van der Waals surface area contributed by atoms with Crippen molar-refractivity contribution in [1.82, 2.24) is 5.32 Å². The Morgan fingerprint density at radius 2 is 2.00 bits per heavy atom. The number of hydrogen-bond acceptors (Lipinski definition) is 2. The molecule has 0 unspecified atom stereocenters. The summed E-state index contributed by atoms with van der Waals surface area (Å²) < 4.78 is 2.15. The van der Waals surface area contributed by atoms with Gasteiger partial charge in [0.15, 0.2) is 0 Å². The second-order valence-corrected chi connectivity index (χ2v) is 6.22. The second kappa shape index (κ2) is 5.17. The largest absolute Gasteiger partial charge is 0.396 e. The van der Waals surface area contributed by atoms with Crippen LogP contribution in [-0.2, 0) is 6.54 Å². The van der Waals surface area contributed by atoms with E-state index < -0.39 is 0 Å². The molecule has 88 valence electrons. The molecule has 1 aromatic rings. The molecule has 0 radical (unpaired) electrons. The maximum atomic E-state index is 9.18. The molecule has 0 aromatic heterocycles. The molecule has 0 aliphatic heterocycles. The van der Waals surface area contributed by atoms with E-state index >= 15 is 0 Å². The first-order valence-corrected chi connectivity index (χ1v) is 6.99. The molecule has 1 aromatic carbocycles. The van der Waals surface area contributed by atoms with Gasteiger partial charge in [-0.15, -0.1) is 0 Å². The Labute approximate surface area is 113 Å². The molecule has 4 heteroatoms. The van der Waals surface area contributed by atoms with Crippen molar-refractivity contribution in [2.75, 3.05) is 13.2 Å². The lowest BCUT2D eigenvalue weighted by molar-refractivity contribution is 0.207. The number of aliphatic hydroxyl groups excluding tert-OH is 1. The van der Waals surface area contributed by atoms with Crippen LogP contribution in [0.2, 0.25) is 0 Å². The molecule has 1 saturated carbocycles. The van der Waals surface area contributed by atoms with E-state index in [1.54, 1.807) is 0 Å². The summed E-state index contributed by atoms with van der Waals surface area (Å²) in [5.41, 5.74) is 1.44. The van der Waals surface area contributed by atoms with E-state index in [1.165, 1.54) is 5.56 Å². The zero-order valence-electron chi connectivity index (χ0n) is 8.97. The Kier molecular flexibility index (Phi) is 4.06. The van der Waals surface area contributed by atoms with Crippen molar-refractivity contribution in [1.29, 1.82) is 0 Å². The predicted molar refractivity (Wildman–Crippen MR) is 72.3 cm³/mol. The average Bonchev–Trinajstić information content (AvgIpc) is 3.04. The van der Waals surface area contributed by atoms with Crippen LogP contribution in [0.5, 0.6) is 0 Å². The molecule has 1 fully saturated rings. The van der Waals surface area contributed by atoms with Crippen LogP contribution in [0.1, 0.15) is 18.4 Å². The smallest absolute Gasteiger partial charge is 0.0499 e. The van der Waals surface area contributed by atoms with E-state index in [0.29, 0.717) is 6.61 Å². The maximum absolute atomic E-state index is 9.18. The fraction of sp³-hybridized carbons (Fsp3) is 0.500. The third-order valence-electron chi connectivity index (χ3n) is 3.11. The number of hydrogen-bond donors (Lipinski definition) is 2. The van der Waals surface area contributed by atoms with Crippen LogP contribution in [0.15, 0.2) is 27.1 Å². The van der Waals surface area contributed by atoms with Crippen LogP contribution in [0.3, 0.4) is 0 Å². The van der Waals surface area contributed by atoms with Gasteiger partial charge in [-0.1, -0.05) is 6.07 Å². The lowest BCUT2D eigenvalue weighted by Crippen LogP contribution is -2.26. The van der Waals surface area contributed by atoms with Crippen LogP contribution >= 0.6 is 31.9 Å². The number of aliphatic hydroxyl groups is 1. The molecule has 0 atom stereocenters. The topological polar surface area (TPSA) is 32.3 Å². The number of halogens is 2. The van der Waals surface area contributed by atoms with E-state index in [2.05, 4.69) is 49.3 Å². The monoisotopic (exact) mass is 347 g/mol. The van der Waals surface area contributed by atoms with E-state index in [4.69, 9.17) is 0 Å². The van der Waals surface area contributed by atoms with E-state index in [-0.39, 0.29) is 5.41 Å². The Hall–Kier alpha value is 0.1000. The molecule has 1 aliphatic rings. The highest BCUT2D eigenvalue weighted by Gasteiger charge is 2.41. The summed E-state index contributed by atoms with van der Waals surface area (Å²) in [6, 6.07) is 6.25. The van der Waals surface area contributed by atoms with Gasteiger partial charge in [-0.25, -0.2) is 0 Å². The van der Waals surface area contributed by atoms with E-state index in [9.17, 15) is 5.11 Å². The van der Waals surface area contributed by atoms with Crippen molar-refractivity contribution < 1.29 is 5.11 Å². The molecule has 1 aliphatic carbocycles. The molecule has 0 bridgehead atoms. The molecule has 2 nitrogen and oxygen atoms in total. The average molecular weight is 349 g/mol. The van der Waals surface area contributed by atoms with Gasteiger partial charge in [-0.05, 0) is 62.4 Å². The standard InChI is InChI=1S/C12H15Br2NO/c13-10-2-1-9(5-11(10)14)6-15-7-12(8-16)3-4-12/h1-2,5,15-16H,3-4,6-8H2. The molecule has 0 heterocycles. The van der Waals surface area contributed by atoms with Gasteiger partial charge in [-0.2, -0.15) is 0 Å². The fourth-order valence-electron chi connectivity index (χ4n) is 1.69. The Morgan fingerprint density at radius 1 is 1.25 bits per heavy atom. The van der Waals surface area contributed by atoms with Crippen LogP contribution in [0.4, 0.5) is 0 Å². The van der Waals surface area contributed by atoms with E-state index in [0.717, 1.165) is 34.9 Å². The van der Waals surface area contributed by atoms with Crippen molar-refractivity contribution in [2.45, 2.75) is 19.4 Å². The summed E-state index contributed by atoms with van der Waals surface area (Å²) in [5.74, 6) is 0. The Morgan fingerprint density at radius 3 is 2.56 bits per heavy atom. The Bertz CT molecular complexity index is 377. The van der Waals surface area contributed by atoms with Crippen LogP contribution < -0.4 is 5.32 Å². The molecule has 16 heavy (non-hydrogen) atoms. The molecule has 0 amide bonds. The third-order valence-corrected chi connectivity index (χ3v) is 4.99. The second-order valence-electron chi connectivity index (χ2n) is 4.51. The SMILES string of the molecule is OCC1(CNCc2ccc(Br)c(Br)c2)CC1. The van der Waals surface area contributed by atoms with Crippen molar-refractivity contribution >= 4 is 31.9 Å². The first kappa shape index (κ1) is 12.6. The van der Waals surface area contributed by atoms with Gasteiger partial charge in [0.25, 0.3) is 0 Å². The van der Waals surface area contributed by atoms with Crippen molar-refractivity contribution in [2.24, 2.45) is 5.41 Å². The highest BCUT2D eigenvalue weighted by molar-refractivity contribution is 9.13. The number of nitrogens with one attached hydrogen (secondary N) is 1. The number of benzene rings is 1. The normalized spacial score (nSPS) is 17.4. The third kappa shape index (κ3) is 3.06. The van der Waals surface area contributed by atoms with Crippen molar-refractivity contribution in [3.8, 4) is 0 Å². The zero-order chi connectivity index (χ0) is 11.6. The van der Waals surface area contributed by atoms with Gasteiger partial charge < -0.3 is 10.4 Å². The highest BCUT2D eigenvalue weighted by atomic mass is 79.9. The maximum Gasteiger partial charge on any atom is 0.0499 e. The summed E-state index contributed by atoms with van der Waals surface area (Å²) in [4.78, 5) is 0. The van der Waals surface area contributed by atoms with Crippen LogP contribution in [0, 0.1) is 5.41 Å². The lowest BCUT2D eigenvalue weighted by Gasteiger charge is -2.12. The highest BCUT2D eigenvalue weighted by Crippen LogP contribution is 2.44. The van der Waals surface area contributed by atoms with Gasteiger partial charge in [0.05, 0.1) is 0 Å². The van der Waals surface area contributed by atoms with E-state index in [1.807, 2.05) is 6.07 Å². The quantitative estimate of drug-likeness (QED) is 0.857. The lowest BCUT2D eigenvalue weighted by atomic mass is 10.1. The zero-order valence-corrected chi connectivity index (χ0v) is 12.1. The van der Waals surface area contributed by atoms with Crippen molar-refractivity contribution in [3.05, 3.63) is 32.7 Å². The summed E-state index contributed by atoms with van der Waals surface area (Å²) in [7, 11) is 0. The first-order chi connectivity index (χ1) is 7.65. The molecular weight excluding hydrogens is 334 g/mol. The molecule has 0 saturated heterocycles. The minimum absolute atomic E-state index is 0.187. The minimum Gasteiger partial charge on any atom is -0.396 e. The summed E-state index contributed by atoms with van der Waals surface area (Å²) in [5, 5.41) is 12.6. The molecular formula is C12H15Br2NO. The molecule has 2 rings (SSSR count). The van der Waals surface area contributed by atoms with Crippen LogP contribution in [0.25, 0.3) is 0 Å². The number of rotatable bonds is 5. The Balaban J connectivity index is 1.83. The van der Waals surface area contributed by atoms with Gasteiger partial charge in [0, 0.05) is 34.1 Å². The fourth-order valence-corrected chi connectivity index (χ4v) is 2.36. The van der Waals surface area contributed by atoms with Gasteiger partial charge in [0.2, 0.25) is 0 Å². The first-order valence-electron chi connectivity index (χ1n) is 5.41. The summed E-state index contributed by atoms with van der Waals surface area (Å²) in [6.07, 6.45) is 2.31. The summed E-state index contributed by atoms with van der Waals surface area (Å²) in [6.45, 7) is 2.08. The van der Waals surface area contributed by atoms with Gasteiger partial charge in [-0.3, -0.25) is 0 Å². The van der Waals surface area contributed by atoms with Crippen molar-refractivity contribution in [3.63, 3.8) is 0 Å². The molecule has 0 spiro atoms.